The van der Waals surface area contributed by atoms with Crippen molar-refractivity contribution < 1.29 is 4.74 Å². The molecule has 0 N–H and O–H groups in total. The largest absolute Gasteiger partial charge is 0.457 e. The molecule has 0 amide bonds. The van der Waals surface area contributed by atoms with Gasteiger partial charge in [0.1, 0.15) is 11.5 Å². The highest BCUT2D eigenvalue weighted by atomic mass is 16.5. The lowest BCUT2D eigenvalue weighted by Crippen LogP contribution is -2.25. The molecule has 1 heteroatoms. The van der Waals surface area contributed by atoms with Gasteiger partial charge < -0.3 is 4.74 Å². The maximum atomic E-state index is 6.36. The van der Waals surface area contributed by atoms with Crippen LogP contribution in [0.1, 0.15) is 48.6 Å². The summed E-state index contributed by atoms with van der Waals surface area (Å²) in [4.78, 5) is 0. The van der Waals surface area contributed by atoms with Crippen LogP contribution in [0.4, 0.5) is 0 Å². The van der Waals surface area contributed by atoms with Crippen molar-refractivity contribution in [1.29, 1.82) is 0 Å². The molecule has 0 bridgehead atoms. The maximum absolute atomic E-state index is 6.36. The van der Waals surface area contributed by atoms with Crippen LogP contribution in [-0.2, 0) is 10.8 Å². The maximum Gasteiger partial charge on any atom is 0.131 e. The molecular weight excluding hydrogens is 436 g/mol. The van der Waals surface area contributed by atoms with Gasteiger partial charge in [0.25, 0.3) is 0 Å². The van der Waals surface area contributed by atoms with E-state index in [-0.39, 0.29) is 10.8 Å². The SMILES string of the molecule is CC1(C)c2ccccc2Oc2ccc(-c3cccc4c3C(C)(c3ccccc3)c3ccccc3-4)cc21. The zero-order valence-electron chi connectivity index (χ0n) is 20.9. The van der Waals surface area contributed by atoms with Gasteiger partial charge in [-0.25, -0.2) is 0 Å². The van der Waals surface area contributed by atoms with E-state index in [0.717, 1.165) is 11.5 Å². The Morgan fingerprint density at radius 2 is 1.14 bits per heavy atom. The van der Waals surface area contributed by atoms with Crippen molar-refractivity contribution in [2.24, 2.45) is 0 Å². The third-order valence-corrected chi connectivity index (χ3v) is 8.42. The third kappa shape index (κ3) is 2.77. The molecule has 7 rings (SSSR count). The van der Waals surface area contributed by atoms with Gasteiger partial charge in [-0.2, -0.15) is 0 Å². The minimum Gasteiger partial charge on any atom is -0.457 e. The second-order valence-corrected chi connectivity index (χ2v) is 10.7. The molecule has 0 saturated carbocycles. The Bertz CT molecular complexity index is 1640. The molecule has 0 saturated heterocycles. The Balaban J connectivity index is 1.47. The highest BCUT2D eigenvalue weighted by molar-refractivity contribution is 5.90. The monoisotopic (exact) mass is 464 g/mol. The molecule has 0 radical (unpaired) electrons. The summed E-state index contributed by atoms with van der Waals surface area (Å²) in [6.07, 6.45) is 0. The zero-order valence-corrected chi connectivity index (χ0v) is 20.9. The van der Waals surface area contributed by atoms with Crippen LogP contribution in [-0.4, -0.2) is 0 Å². The molecule has 0 fully saturated rings. The number of fused-ring (bicyclic) bond motifs is 5. The minimum atomic E-state index is -0.238. The third-order valence-electron chi connectivity index (χ3n) is 8.42. The summed E-state index contributed by atoms with van der Waals surface area (Å²) in [5, 5.41) is 0. The van der Waals surface area contributed by atoms with Gasteiger partial charge in [-0.3, -0.25) is 0 Å². The molecule has 174 valence electrons. The molecule has 0 spiro atoms. The molecule has 1 aliphatic carbocycles. The first-order valence-corrected chi connectivity index (χ1v) is 12.7. The smallest absolute Gasteiger partial charge is 0.131 e. The van der Waals surface area contributed by atoms with Crippen LogP contribution in [0.15, 0.2) is 115 Å². The Hall–Kier alpha value is -4.10. The molecule has 5 aromatic carbocycles. The average molecular weight is 465 g/mol. The number of para-hydroxylation sites is 1. The van der Waals surface area contributed by atoms with Crippen molar-refractivity contribution in [3.63, 3.8) is 0 Å². The summed E-state index contributed by atoms with van der Waals surface area (Å²) in [6.45, 7) is 6.99. The summed E-state index contributed by atoms with van der Waals surface area (Å²) in [5.74, 6) is 1.90. The van der Waals surface area contributed by atoms with E-state index < -0.39 is 0 Å². The van der Waals surface area contributed by atoms with Crippen LogP contribution >= 0.6 is 0 Å². The first-order chi connectivity index (χ1) is 17.5. The highest BCUT2D eigenvalue weighted by Crippen LogP contribution is 2.56. The predicted octanol–water partition coefficient (Wildman–Crippen LogP) is 9.12. The second kappa shape index (κ2) is 7.45. The van der Waals surface area contributed by atoms with E-state index >= 15 is 0 Å². The molecule has 1 heterocycles. The van der Waals surface area contributed by atoms with Crippen molar-refractivity contribution in [1.82, 2.24) is 0 Å². The molecule has 1 unspecified atom stereocenters. The summed E-state index contributed by atoms with van der Waals surface area (Å²) in [6, 6.07) is 41.8. The Kier molecular flexibility index (Phi) is 4.39. The second-order valence-electron chi connectivity index (χ2n) is 10.7. The standard InChI is InChI=1S/C35H28O/c1-34(2)29-18-9-10-19-31(29)36-32-21-20-23(22-30(32)34)25-15-11-16-27-26-14-7-8-17-28(26)35(3,33(25)27)24-12-5-4-6-13-24/h4-22H,1-3H3. The van der Waals surface area contributed by atoms with Gasteiger partial charge in [0.15, 0.2) is 0 Å². The topological polar surface area (TPSA) is 9.23 Å². The summed E-state index contributed by atoms with van der Waals surface area (Å²) < 4.78 is 6.36. The van der Waals surface area contributed by atoms with Gasteiger partial charge >= 0.3 is 0 Å². The lowest BCUT2D eigenvalue weighted by Gasteiger charge is -2.35. The fraction of sp³-hybridized carbons (Fsp3) is 0.143. The number of ether oxygens (including phenoxy) is 1. The van der Waals surface area contributed by atoms with Gasteiger partial charge in [0, 0.05) is 22.0 Å². The highest BCUT2D eigenvalue weighted by Gasteiger charge is 2.42. The van der Waals surface area contributed by atoms with Gasteiger partial charge in [-0.05, 0) is 64.1 Å². The number of benzene rings is 5. The van der Waals surface area contributed by atoms with Crippen molar-refractivity contribution in [2.45, 2.75) is 31.6 Å². The Morgan fingerprint density at radius 1 is 0.500 bits per heavy atom. The zero-order chi connectivity index (χ0) is 24.5. The van der Waals surface area contributed by atoms with E-state index in [0.29, 0.717) is 0 Å². The normalized spacial score (nSPS) is 18.4. The van der Waals surface area contributed by atoms with Crippen molar-refractivity contribution in [3.8, 4) is 33.8 Å². The van der Waals surface area contributed by atoms with Crippen LogP contribution in [0, 0.1) is 0 Å². The quantitative estimate of drug-likeness (QED) is 0.253. The fourth-order valence-corrected chi connectivity index (χ4v) is 6.53. The van der Waals surface area contributed by atoms with Crippen molar-refractivity contribution in [3.05, 3.63) is 143 Å². The Labute approximate surface area is 213 Å². The molecule has 1 nitrogen and oxygen atoms in total. The van der Waals surface area contributed by atoms with Crippen LogP contribution in [0.25, 0.3) is 22.3 Å². The number of hydrogen-bond acceptors (Lipinski definition) is 1. The van der Waals surface area contributed by atoms with Gasteiger partial charge in [-0.1, -0.05) is 111 Å². The molecule has 36 heavy (non-hydrogen) atoms. The van der Waals surface area contributed by atoms with Crippen molar-refractivity contribution >= 4 is 0 Å². The molecule has 0 aromatic heterocycles. The molecule has 5 aromatic rings. The summed E-state index contributed by atoms with van der Waals surface area (Å²) in [5.41, 5.74) is 11.3. The molecule has 2 aliphatic rings. The van der Waals surface area contributed by atoms with Crippen molar-refractivity contribution in [2.75, 3.05) is 0 Å². The Morgan fingerprint density at radius 3 is 1.97 bits per heavy atom. The lowest BCUT2D eigenvalue weighted by molar-refractivity contribution is 0.418. The van der Waals surface area contributed by atoms with Crippen LogP contribution < -0.4 is 4.74 Å². The van der Waals surface area contributed by atoms with Gasteiger partial charge in [0.2, 0.25) is 0 Å². The van der Waals surface area contributed by atoms with E-state index in [2.05, 4.69) is 130 Å². The average Bonchev–Trinajstić information content (AvgIpc) is 3.19. The molecule has 1 atom stereocenters. The van der Waals surface area contributed by atoms with Crippen LogP contribution in [0.3, 0.4) is 0 Å². The lowest BCUT2D eigenvalue weighted by atomic mass is 9.71. The van der Waals surface area contributed by atoms with Crippen LogP contribution in [0.5, 0.6) is 11.5 Å². The number of rotatable bonds is 2. The molecule has 1 aliphatic heterocycles. The summed E-state index contributed by atoms with van der Waals surface area (Å²) >= 11 is 0. The number of hydrogen-bond donors (Lipinski definition) is 0. The van der Waals surface area contributed by atoms with E-state index in [1.54, 1.807) is 0 Å². The van der Waals surface area contributed by atoms with E-state index in [1.165, 1.54) is 50.1 Å². The van der Waals surface area contributed by atoms with E-state index in [9.17, 15) is 0 Å². The molecular formula is C35H28O. The summed E-state index contributed by atoms with van der Waals surface area (Å²) in [7, 11) is 0. The first kappa shape index (κ1) is 21.2. The fourth-order valence-electron chi connectivity index (χ4n) is 6.53. The van der Waals surface area contributed by atoms with E-state index in [1.807, 2.05) is 6.07 Å². The van der Waals surface area contributed by atoms with Crippen LogP contribution in [0.2, 0.25) is 0 Å². The first-order valence-electron chi connectivity index (χ1n) is 12.7. The van der Waals surface area contributed by atoms with Gasteiger partial charge in [0.05, 0.1) is 0 Å². The van der Waals surface area contributed by atoms with E-state index in [4.69, 9.17) is 4.74 Å². The predicted molar refractivity (Wildman–Crippen MR) is 148 cm³/mol. The minimum absolute atomic E-state index is 0.149. The van der Waals surface area contributed by atoms with Gasteiger partial charge in [-0.15, -0.1) is 0 Å².